The molecule has 0 saturated heterocycles. The first-order valence-electron chi connectivity index (χ1n) is 8.47. The Kier molecular flexibility index (Phi) is 7.22. The van der Waals surface area contributed by atoms with Gasteiger partial charge in [-0.05, 0) is 18.1 Å². The van der Waals surface area contributed by atoms with Gasteiger partial charge < -0.3 is 15.0 Å². The molecule has 1 aromatic heterocycles. The number of nitrogens with zero attached hydrogens (tertiary/aromatic N) is 1. The van der Waals surface area contributed by atoms with E-state index in [1.807, 2.05) is 0 Å². The molecule has 0 aliphatic rings. The molecular formula is C17H21ClF2N4O4S. The van der Waals surface area contributed by atoms with Gasteiger partial charge in [-0.3, -0.25) is 9.52 Å². The van der Waals surface area contributed by atoms with Crippen molar-refractivity contribution in [2.75, 3.05) is 16.6 Å². The fourth-order valence-electron chi connectivity index (χ4n) is 2.45. The largest absolute Gasteiger partial charge is 0.395 e. The van der Waals surface area contributed by atoms with Crippen molar-refractivity contribution in [3.05, 3.63) is 46.7 Å². The molecular weight excluding hydrogens is 430 g/mol. The third-order valence-corrected chi connectivity index (χ3v) is 5.55. The molecule has 1 amide bonds. The molecule has 0 bridgehead atoms. The van der Waals surface area contributed by atoms with Crippen LogP contribution in [0.5, 0.6) is 0 Å². The molecule has 0 aliphatic heterocycles. The fraction of sp³-hybridized carbons (Fsp3) is 0.353. The molecule has 0 spiro atoms. The predicted octanol–water partition coefficient (Wildman–Crippen LogP) is 2.47. The number of anilines is 2. The molecule has 29 heavy (non-hydrogen) atoms. The zero-order valence-electron chi connectivity index (χ0n) is 15.8. The Morgan fingerprint density at radius 3 is 2.48 bits per heavy atom. The lowest BCUT2D eigenvalue weighted by atomic mass is 10.1. The third-order valence-electron chi connectivity index (χ3n) is 4.06. The number of benzene rings is 1. The Morgan fingerprint density at radius 2 is 1.93 bits per heavy atom. The maximum absolute atomic E-state index is 13.3. The number of hydrogen-bond acceptors (Lipinski definition) is 4. The Labute approximate surface area is 172 Å². The number of amides is 1. The number of carbonyl (C=O) groups is 1. The highest BCUT2D eigenvalue weighted by molar-refractivity contribution is 7.90. The highest BCUT2D eigenvalue weighted by atomic mass is 35.5. The van der Waals surface area contributed by atoms with Gasteiger partial charge >= 0.3 is 0 Å². The molecule has 2 rings (SSSR count). The minimum absolute atomic E-state index is 0.00214. The normalized spacial score (nSPS) is 12.8. The van der Waals surface area contributed by atoms with E-state index in [0.717, 1.165) is 12.1 Å². The number of hydrogen-bond donors (Lipinski definition) is 4. The average molecular weight is 451 g/mol. The standard InChI is InChI=1S/C17H21ClF2N4O4S/c1-9(2)14(8-25)23-29(27,28)22-13-7-24(3)16(15(13)18)17(26)21-10-4-5-11(19)12(20)6-10/h4-7,9,14,22-23,25H,8H2,1-3H3,(H,21,26)/t14-/m0/s1. The summed E-state index contributed by atoms with van der Waals surface area (Å²) < 4.78 is 56.7. The lowest BCUT2D eigenvalue weighted by molar-refractivity contribution is 0.101. The second-order valence-corrected chi connectivity index (χ2v) is 8.48. The topological polar surface area (TPSA) is 112 Å². The molecule has 160 valence electrons. The maximum Gasteiger partial charge on any atom is 0.299 e. The van der Waals surface area contributed by atoms with E-state index in [1.165, 1.54) is 23.9 Å². The van der Waals surface area contributed by atoms with Crippen LogP contribution >= 0.6 is 11.6 Å². The van der Waals surface area contributed by atoms with Gasteiger partial charge in [0.2, 0.25) is 0 Å². The van der Waals surface area contributed by atoms with E-state index in [9.17, 15) is 27.1 Å². The highest BCUT2D eigenvalue weighted by Crippen LogP contribution is 2.29. The Balaban J connectivity index is 2.23. The van der Waals surface area contributed by atoms with Crippen LogP contribution in [0.25, 0.3) is 0 Å². The molecule has 1 heterocycles. The van der Waals surface area contributed by atoms with E-state index in [1.54, 1.807) is 13.8 Å². The quantitative estimate of drug-likeness (QED) is 0.495. The summed E-state index contributed by atoms with van der Waals surface area (Å²) in [5.41, 5.74) is -0.174. The van der Waals surface area contributed by atoms with Crippen LogP contribution in [0, 0.1) is 17.6 Å². The Bertz CT molecular complexity index is 1010. The molecule has 2 aromatic rings. The van der Waals surface area contributed by atoms with E-state index >= 15 is 0 Å². The van der Waals surface area contributed by atoms with Crippen molar-refractivity contribution in [3.8, 4) is 0 Å². The molecule has 1 aromatic carbocycles. The van der Waals surface area contributed by atoms with Gasteiger partial charge in [0, 0.05) is 31.0 Å². The molecule has 0 fully saturated rings. The van der Waals surface area contributed by atoms with Gasteiger partial charge in [0.1, 0.15) is 5.69 Å². The summed E-state index contributed by atoms with van der Waals surface area (Å²) in [6.07, 6.45) is 1.28. The van der Waals surface area contributed by atoms with Crippen molar-refractivity contribution in [2.45, 2.75) is 19.9 Å². The smallest absolute Gasteiger partial charge is 0.299 e. The summed E-state index contributed by atoms with van der Waals surface area (Å²) in [6.45, 7) is 3.07. The number of aliphatic hydroxyl groups excluding tert-OH is 1. The van der Waals surface area contributed by atoms with Gasteiger partial charge in [-0.1, -0.05) is 25.4 Å². The van der Waals surface area contributed by atoms with Crippen molar-refractivity contribution in [2.24, 2.45) is 13.0 Å². The first kappa shape index (κ1) is 23.1. The lowest BCUT2D eigenvalue weighted by Gasteiger charge is -2.20. The number of aliphatic hydroxyl groups is 1. The lowest BCUT2D eigenvalue weighted by Crippen LogP contribution is -2.43. The van der Waals surface area contributed by atoms with Gasteiger partial charge in [0.05, 0.1) is 17.3 Å². The van der Waals surface area contributed by atoms with Crippen LogP contribution < -0.4 is 14.8 Å². The number of aryl methyl sites for hydroxylation is 1. The number of rotatable bonds is 8. The summed E-state index contributed by atoms with van der Waals surface area (Å²) in [6, 6.07) is 2.11. The molecule has 0 radical (unpaired) electrons. The molecule has 4 N–H and O–H groups in total. The van der Waals surface area contributed by atoms with Gasteiger partial charge in [-0.15, -0.1) is 0 Å². The van der Waals surface area contributed by atoms with Gasteiger partial charge in [0.15, 0.2) is 11.6 Å². The monoisotopic (exact) mass is 450 g/mol. The van der Waals surface area contributed by atoms with Crippen molar-refractivity contribution >= 4 is 39.1 Å². The summed E-state index contributed by atoms with van der Waals surface area (Å²) >= 11 is 6.17. The van der Waals surface area contributed by atoms with Crippen LogP contribution in [0.1, 0.15) is 24.3 Å². The van der Waals surface area contributed by atoms with Crippen molar-refractivity contribution in [3.63, 3.8) is 0 Å². The van der Waals surface area contributed by atoms with Gasteiger partial charge in [-0.25, -0.2) is 8.78 Å². The minimum Gasteiger partial charge on any atom is -0.395 e. The summed E-state index contributed by atoms with van der Waals surface area (Å²) in [7, 11) is -2.63. The second kappa shape index (κ2) is 9.08. The Hall–Kier alpha value is -2.21. The SMILES string of the molecule is CC(C)[C@H](CO)NS(=O)(=O)Nc1cn(C)c(C(=O)Nc2ccc(F)c(F)c2)c1Cl. The van der Waals surface area contributed by atoms with Crippen LogP contribution in [-0.4, -0.2) is 36.6 Å². The first-order chi connectivity index (χ1) is 13.4. The van der Waals surface area contributed by atoms with E-state index in [4.69, 9.17) is 11.6 Å². The van der Waals surface area contributed by atoms with E-state index in [-0.39, 0.29) is 28.0 Å². The van der Waals surface area contributed by atoms with Crippen LogP contribution in [0.2, 0.25) is 5.02 Å². The third kappa shape index (κ3) is 5.66. The van der Waals surface area contributed by atoms with Crippen molar-refractivity contribution in [1.82, 2.24) is 9.29 Å². The fourth-order valence-corrected chi connectivity index (χ4v) is 4.07. The minimum atomic E-state index is -4.09. The van der Waals surface area contributed by atoms with Gasteiger partial charge in [-0.2, -0.15) is 13.1 Å². The predicted molar refractivity (Wildman–Crippen MR) is 106 cm³/mol. The van der Waals surface area contributed by atoms with E-state index < -0.39 is 40.4 Å². The molecule has 0 unspecified atom stereocenters. The molecule has 8 nitrogen and oxygen atoms in total. The first-order valence-corrected chi connectivity index (χ1v) is 10.3. The summed E-state index contributed by atoms with van der Waals surface area (Å²) in [5, 5.41) is 11.5. The van der Waals surface area contributed by atoms with Crippen molar-refractivity contribution in [1.29, 1.82) is 0 Å². The molecule has 0 aliphatic carbocycles. The summed E-state index contributed by atoms with van der Waals surface area (Å²) in [5.74, 6) is -3.12. The average Bonchev–Trinajstić information content (AvgIpc) is 2.88. The van der Waals surface area contributed by atoms with Crippen LogP contribution in [-0.2, 0) is 17.3 Å². The van der Waals surface area contributed by atoms with E-state index in [0.29, 0.717) is 0 Å². The van der Waals surface area contributed by atoms with Crippen LogP contribution in [0.15, 0.2) is 24.4 Å². The molecule has 1 atom stereocenters. The number of carbonyl (C=O) groups excluding carboxylic acids is 1. The number of halogens is 3. The highest BCUT2D eigenvalue weighted by Gasteiger charge is 2.25. The Morgan fingerprint density at radius 1 is 1.28 bits per heavy atom. The second-order valence-electron chi connectivity index (χ2n) is 6.66. The van der Waals surface area contributed by atoms with Crippen LogP contribution in [0.4, 0.5) is 20.2 Å². The zero-order valence-corrected chi connectivity index (χ0v) is 17.4. The zero-order chi connectivity index (χ0) is 21.9. The van der Waals surface area contributed by atoms with Gasteiger partial charge in [0.25, 0.3) is 16.1 Å². The number of nitrogens with one attached hydrogen (secondary N) is 3. The molecule has 0 saturated carbocycles. The van der Waals surface area contributed by atoms with E-state index in [2.05, 4.69) is 14.8 Å². The van der Waals surface area contributed by atoms with Crippen LogP contribution in [0.3, 0.4) is 0 Å². The number of aromatic nitrogens is 1. The summed E-state index contributed by atoms with van der Waals surface area (Å²) in [4.78, 5) is 12.5. The molecule has 12 heteroatoms. The van der Waals surface area contributed by atoms with Crippen molar-refractivity contribution < 1.29 is 27.1 Å². The maximum atomic E-state index is 13.3.